The molecule has 2 heteroatoms. The molecule has 0 radical (unpaired) electrons. The Bertz CT molecular complexity index is 224. The van der Waals surface area contributed by atoms with Gasteiger partial charge in [0, 0.05) is 18.9 Å². The van der Waals surface area contributed by atoms with Crippen molar-refractivity contribution < 1.29 is 4.79 Å². The molecule has 0 heterocycles. The van der Waals surface area contributed by atoms with E-state index in [0.717, 1.165) is 12.8 Å². The molecular weight excluding hydrogens is 150 g/mol. The normalized spacial score (nSPS) is 25.5. The lowest BCUT2D eigenvalue weighted by molar-refractivity contribution is -0.122. The lowest BCUT2D eigenvalue weighted by Crippen LogP contribution is -2.26. The van der Waals surface area contributed by atoms with Crippen LogP contribution >= 0.6 is 0 Å². The molecule has 0 bridgehead atoms. The van der Waals surface area contributed by atoms with Crippen molar-refractivity contribution in [3.63, 3.8) is 0 Å². The van der Waals surface area contributed by atoms with Crippen LogP contribution in [0.3, 0.4) is 0 Å². The SMILES string of the molecule is CC#CCCNC(=O)[C@H]1C[C@@H]1C. The molecule has 0 spiro atoms. The minimum absolute atomic E-state index is 0.209. The van der Waals surface area contributed by atoms with E-state index in [1.54, 1.807) is 0 Å². The number of nitrogens with one attached hydrogen (secondary N) is 1. The van der Waals surface area contributed by atoms with Crippen molar-refractivity contribution >= 4 is 5.91 Å². The maximum Gasteiger partial charge on any atom is 0.223 e. The van der Waals surface area contributed by atoms with Gasteiger partial charge in [-0.25, -0.2) is 0 Å². The van der Waals surface area contributed by atoms with E-state index in [9.17, 15) is 4.79 Å². The first-order chi connectivity index (χ1) is 5.75. The number of rotatable bonds is 3. The summed E-state index contributed by atoms with van der Waals surface area (Å²) < 4.78 is 0. The lowest BCUT2D eigenvalue weighted by Gasteiger charge is -1.99. The summed E-state index contributed by atoms with van der Waals surface area (Å²) in [6.07, 6.45) is 1.83. The van der Waals surface area contributed by atoms with E-state index in [-0.39, 0.29) is 5.91 Å². The van der Waals surface area contributed by atoms with Crippen LogP contribution in [0.2, 0.25) is 0 Å². The van der Waals surface area contributed by atoms with E-state index in [2.05, 4.69) is 24.1 Å². The third-order valence-electron chi connectivity index (χ3n) is 2.17. The monoisotopic (exact) mass is 165 g/mol. The number of amides is 1. The molecule has 1 aliphatic carbocycles. The standard InChI is InChI=1S/C10H15NO/c1-3-4-5-6-11-10(12)9-7-8(9)2/h8-9H,5-7H2,1-2H3,(H,11,12)/t8-,9-/m0/s1. The third-order valence-corrected chi connectivity index (χ3v) is 2.17. The topological polar surface area (TPSA) is 29.1 Å². The van der Waals surface area contributed by atoms with E-state index in [1.165, 1.54) is 0 Å². The zero-order valence-corrected chi connectivity index (χ0v) is 7.68. The Morgan fingerprint density at radius 1 is 1.67 bits per heavy atom. The van der Waals surface area contributed by atoms with Crippen molar-refractivity contribution in [2.45, 2.75) is 26.7 Å². The predicted octanol–water partition coefficient (Wildman–Crippen LogP) is 1.17. The first-order valence-electron chi connectivity index (χ1n) is 4.43. The maximum atomic E-state index is 11.2. The molecular formula is C10H15NO. The third kappa shape index (κ3) is 2.58. The van der Waals surface area contributed by atoms with Crippen LogP contribution in [0, 0.1) is 23.7 Å². The average Bonchev–Trinajstić information content (AvgIpc) is 2.76. The van der Waals surface area contributed by atoms with Gasteiger partial charge in [0.25, 0.3) is 0 Å². The van der Waals surface area contributed by atoms with Crippen molar-refractivity contribution in [3.05, 3.63) is 0 Å². The molecule has 0 unspecified atom stereocenters. The van der Waals surface area contributed by atoms with Gasteiger partial charge in [-0.1, -0.05) is 6.92 Å². The zero-order chi connectivity index (χ0) is 8.97. The largest absolute Gasteiger partial charge is 0.355 e. The molecule has 12 heavy (non-hydrogen) atoms. The molecule has 2 nitrogen and oxygen atoms in total. The summed E-state index contributed by atoms with van der Waals surface area (Å²) in [5.74, 6) is 6.80. The molecule has 0 aliphatic heterocycles. The molecule has 1 N–H and O–H groups in total. The fourth-order valence-corrected chi connectivity index (χ4v) is 1.19. The van der Waals surface area contributed by atoms with Gasteiger partial charge in [0.2, 0.25) is 5.91 Å². The van der Waals surface area contributed by atoms with E-state index in [0.29, 0.717) is 18.4 Å². The van der Waals surface area contributed by atoms with Gasteiger partial charge < -0.3 is 5.32 Å². The van der Waals surface area contributed by atoms with E-state index in [4.69, 9.17) is 0 Å². The molecule has 1 aliphatic rings. The molecule has 1 rings (SSSR count). The second-order valence-corrected chi connectivity index (χ2v) is 3.29. The minimum atomic E-state index is 0.209. The van der Waals surface area contributed by atoms with Crippen molar-refractivity contribution in [1.29, 1.82) is 0 Å². The van der Waals surface area contributed by atoms with Gasteiger partial charge in [-0.05, 0) is 19.3 Å². The van der Waals surface area contributed by atoms with Crippen LogP contribution in [0.4, 0.5) is 0 Å². The highest BCUT2D eigenvalue weighted by Crippen LogP contribution is 2.37. The predicted molar refractivity (Wildman–Crippen MR) is 48.3 cm³/mol. The van der Waals surface area contributed by atoms with Crippen LogP contribution in [0.25, 0.3) is 0 Å². The second kappa shape index (κ2) is 4.15. The van der Waals surface area contributed by atoms with Crippen LogP contribution in [0.15, 0.2) is 0 Å². The first-order valence-corrected chi connectivity index (χ1v) is 4.43. The van der Waals surface area contributed by atoms with E-state index >= 15 is 0 Å². The van der Waals surface area contributed by atoms with Crippen LogP contribution < -0.4 is 5.32 Å². The fraction of sp³-hybridized carbons (Fsp3) is 0.700. The van der Waals surface area contributed by atoms with Crippen molar-refractivity contribution in [2.75, 3.05) is 6.54 Å². The van der Waals surface area contributed by atoms with Gasteiger partial charge >= 0.3 is 0 Å². The fourth-order valence-electron chi connectivity index (χ4n) is 1.19. The zero-order valence-electron chi connectivity index (χ0n) is 7.68. The number of hydrogen-bond acceptors (Lipinski definition) is 1. The number of hydrogen-bond donors (Lipinski definition) is 1. The highest BCUT2D eigenvalue weighted by molar-refractivity contribution is 5.81. The van der Waals surface area contributed by atoms with Crippen LogP contribution in [-0.2, 0) is 4.79 Å². The smallest absolute Gasteiger partial charge is 0.223 e. The van der Waals surface area contributed by atoms with Gasteiger partial charge in [-0.2, -0.15) is 0 Å². The quantitative estimate of drug-likeness (QED) is 0.493. The maximum absolute atomic E-state index is 11.2. The van der Waals surface area contributed by atoms with Gasteiger partial charge in [-0.15, -0.1) is 11.8 Å². The number of carbonyl (C=O) groups is 1. The summed E-state index contributed by atoms with van der Waals surface area (Å²) in [6, 6.07) is 0. The number of carbonyl (C=O) groups excluding carboxylic acids is 1. The van der Waals surface area contributed by atoms with Gasteiger partial charge in [0.15, 0.2) is 0 Å². The molecule has 1 amide bonds. The van der Waals surface area contributed by atoms with Crippen molar-refractivity contribution in [1.82, 2.24) is 5.32 Å². The van der Waals surface area contributed by atoms with Gasteiger partial charge in [0.1, 0.15) is 0 Å². The summed E-state index contributed by atoms with van der Waals surface area (Å²) in [5.41, 5.74) is 0. The highest BCUT2D eigenvalue weighted by atomic mass is 16.2. The summed E-state index contributed by atoms with van der Waals surface area (Å²) in [5, 5.41) is 2.87. The van der Waals surface area contributed by atoms with Crippen molar-refractivity contribution in [3.8, 4) is 11.8 Å². The summed E-state index contributed by atoms with van der Waals surface area (Å²) in [7, 11) is 0. The molecule has 1 fully saturated rings. The first kappa shape index (κ1) is 9.12. The molecule has 66 valence electrons. The molecule has 2 atom stereocenters. The Kier molecular flexibility index (Phi) is 3.16. The second-order valence-electron chi connectivity index (χ2n) is 3.29. The van der Waals surface area contributed by atoms with E-state index < -0.39 is 0 Å². The lowest BCUT2D eigenvalue weighted by atomic mass is 10.3. The van der Waals surface area contributed by atoms with Crippen LogP contribution in [0.1, 0.15) is 26.7 Å². The Labute approximate surface area is 73.7 Å². The van der Waals surface area contributed by atoms with Gasteiger partial charge in [0.05, 0.1) is 0 Å². The molecule has 0 aromatic heterocycles. The Morgan fingerprint density at radius 2 is 2.33 bits per heavy atom. The molecule has 1 saturated carbocycles. The summed E-state index contributed by atoms with van der Waals surface area (Å²) in [6.45, 7) is 4.61. The Morgan fingerprint density at radius 3 is 2.83 bits per heavy atom. The summed E-state index contributed by atoms with van der Waals surface area (Å²) in [4.78, 5) is 11.2. The van der Waals surface area contributed by atoms with E-state index in [1.807, 2.05) is 6.92 Å². The Balaban J connectivity index is 2.06. The van der Waals surface area contributed by atoms with Crippen LogP contribution in [-0.4, -0.2) is 12.5 Å². The Hall–Kier alpha value is -0.970. The summed E-state index contributed by atoms with van der Waals surface area (Å²) >= 11 is 0. The van der Waals surface area contributed by atoms with Gasteiger partial charge in [-0.3, -0.25) is 4.79 Å². The average molecular weight is 165 g/mol. The van der Waals surface area contributed by atoms with Crippen molar-refractivity contribution in [2.24, 2.45) is 11.8 Å². The minimum Gasteiger partial charge on any atom is -0.355 e. The van der Waals surface area contributed by atoms with Crippen LogP contribution in [0.5, 0.6) is 0 Å². The highest BCUT2D eigenvalue weighted by Gasteiger charge is 2.38. The molecule has 0 aromatic carbocycles. The molecule has 0 aromatic rings. The molecule has 0 saturated heterocycles.